The summed E-state index contributed by atoms with van der Waals surface area (Å²) in [4.78, 5) is 33.8. The normalized spacial score (nSPS) is 16.5. The number of carbonyl (C=O) groups is 2. The first-order chi connectivity index (χ1) is 21.5. The van der Waals surface area contributed by atoms with E-state index in [-0.39, 0.29) is 23.0 Å². The molecule has 1 aromatic heterocycles. The molecule has 1 aliphatic rings. The lowest BCUT2D eigenvalue weighted by molar-refractivity contribution is 0.0885. The lowest BCUT2D eigenvalue weighted by atomic mass is 10.0. The molecule has 242 valence electrons. The highest BCUT2D eigenvalue weighted by molar-refractivity contribution is 6.07. The van der Waals surface area contributed by atoms with Gasteiger partial charge in [-0.3, -0.25) is 14.5 Å². The molecular formula is C34H44FN5O5. The van der Waals surface area contributed by atoms with Gasteiger partial charge in [0, 0.05) is 50.9 Å². The van der Waals surface area contributed by atoms with Gasteiger partial charge in [0.1, 0.15) is 29.2 Å². The number of nitrogens with one attached hydrogen (secondary N) is 3. The molecule has 3 N–H and O–H groups in total. The van der Waals surface area contributed by atoms with Crippen molar-refractivity contribution >= 4 is 17.6 Å². The number of nitrogens with zero attached hydrogens (tertiary/aromatic N) is 2. The van der Waals surface area contributed by atoms with Crippen LogP contribution in [0.4, 0.5) is 10.2 Å². The Morgan fingerprint density at radius 1 is 1.07 bits per heavy atom. The fourth-order valence-electron chi connectivity index (χ4n) is 5.35. The van der Waals surface area contributed by atoms with Crippen molar-refractivity contribution in [1.82, 2.24) is 20.5 Å². The lowest BCUT2D eigenvalue weighted by Gasteiger charge is -2.34. The van der Waals surface area contributed by atoms with Crippen molar-refractivity contribution in [2.24, 2.45) is 0 Å². The molecule has 3 aromatic rings. The Morgan fingerprint density at radius 3 is 2.51 bits per heavy atom. The molecule has 1 saturated heterocycles. The van der Waals surface area contributed by atoms with E-state index in [9.17, 15) is 14.0 Å². The van der Waals surface area contributed by atoms with Gasteiger partial charge in [0.2, 0.25) is 0 Å². The van der Waals surface area contributed by atoms with Crippen LogP contribution in [-0.2, 0) is 4.74 Å². The number of rotatable bonds is 12. The first-order valence-electron chi connectivity index (χ1n) is 15.1. The van der Waals surface area contributed by atoms with Gasteiger partial charge >= 0.3 is 0 Å². The van der Waals surface area contributed by atoms with Gasteiger partial charge in [-0.05, 0) is 81.1 Å². The van der Waals surface area contributed by atoms with Crippen molar-refractivity contribution < 1.29 is 28.2 Å². The number of pyridine rings is 1. The molecule has 0 saturated carbocycles. The quantitative estimate of drug-likeness (QED) is 0.269. The molecule has 0 unspecified atom stereocenters. The minimum absolute atomic E-state index is 0.180. The monoisotopic (exact) mass is 621 g/mol. The highest BCUT2D eigenvalue weighted by atomic mass is 19.1. The predicted molar refractivity (Wildman–Crippen MR) is 172 cm³/mol. The smallest absolute Gasteiger partial charge is 0.257 e. The minimum Gasteiger partial charge on any atom is -0.495 e. The molecule has 2 amide bonds. The second kappa shape index (κ2) is 15.3. The number of ether oxygens (including phenoxy) is 3. The fraction of sp³-hybridized carbons (Fsp3) is 0.441. The summed E-state index contributed by atoms with van der Waals surface area (Å²) in [5.74, 6) is 0.0705. The van der Waals surface area contributed by atoms with E-state index >= 15 is 0 Å². The Balaban J connectivity index is 1.72. The second-order valence-corrected chi connectivity index (χ2v) is 11.7. The summed E-state index contributed by atoms with van der Waals surface area (Å²) in [5.41, 5.74) is 2.98. The summed E-state index contributed by atoms with van der Waals surface area (Å²) >= 11 is 0. The molecule has 10 nitrogen and oxygen atoms in total. The Labute approximate surface area is 264 Å². The highest BCUT2D eigenvalue weighted by Gasteiger charge is 2.27. The number of hydrogen-bond acceptors (Lipinski definition) is 8. The maximum absolute atomic E-state index is 14.8. The van der Waals surface area contributed by atoms with Gasteiger partial charge < -0.3 is 30.2 Å². The van der Waals surface area contributed by atoms with Crippen LogP contribution in [0.15, 0.2) is 42.6 Å². The summed E-state index contributed by atoms with van der Waals surface area (Å²) < 4.78 is 31.8. The number of methoxy groups -OCH3 is 2. The Kier molecular flexibility index (Phi) is 11.5. The molecule has 0 aliphatic carbocycles. The van der Waals surface area contributed by atoms with E-state index in [0.717, 1.165) is 25.2 Å². The van der Waals surface area contributed by atoms with Crippen molar-refractivity contribution in [3.05, 3.63) is 81.8 Å². The van der Waals surface area contributed by atoms with E-state index in [0.29, 0.717) is 53.2 Å². The SMILES string of the molecule is COC[C@H](C)NC(=O)c1cc(C(=O)Nc2ncc(OC)cc2C)c(C)cc1O[C@H](CN1CCN[C@H](C)C1)c1ccc(C)c(F)c1. The number of piperazine rings is 1. The summed E-state index contributed by atoms with van der Waals surface area (Å²) in [6, 6.07) is 10.1. The molecule has 3 atom stereocenters. The van der Waals surface area contributed by atoms with Gasteiger partial charge in [-0.15, -0.1) is 0 Å². The number of hydrogen-bond donors (Lipinski definition) is 3. The zero-order chi connectivity index (χ0) is 32.7. The number of amides is 2. The van der Waals surface area contributed by atoms with Gasteiger partial charge in [-0.25, -0.2) is 9.37 Å². The van der Waals surface area contributed by atoms with Crippen molar-refractivity contribution in [2.45, 2.75) is 52.8 Å². The number of halogens is 1. The van der Waals surface area contributed by atoms with Crippen LogP contribution < -0.4 is 25.4 Å². The zero-order valence-electron chi connectivity index (χ0n) is 27.1. The molecule has 0 spiro atoms. The maximum Gasteiger partial charge on any atom is 0.257 e. The average molecular weight is 622 g/mol. The van der Waals surface area contributed by atoms with E-state index in [4.69, 9.17) is 14.2 Å². The standard InChI is InChI=1S/C34H44FN5O5/c1-20-8-9-25(14-29(20)35)31(18-40-11-10-36-23(4)17-40)45-30-13-21(2)27(15-28(30)34(42)38-24(5)19-43-6)33(41)39-32-22(3)12-26(44-7)16-37-32/h8-9,12-16,23-24,31,36H,10-11,17-19H2,1-7H3,(H,38,42)(H,37,39,41)/t23-,24+,31-/m1/s1. The molecule has 1 fully saturated rings. The predicted octanol–water partition coefficient (Wildman–Crippen LogP) is 4.59. The first-order valence-corrected chi connectivity index (χ1v) is 15.1. The van der Waals surface area contributed by atoms with Crippen LogP contribution >= 0.6 is 0 Å². The van der Waals surface area contributed by atoms with E-state index in [2.05, 4.69) is 32.8 Å². The minimum atomic E-state index is -0.585. The molecule has 1 aliphatic heterocycles. The summed E-state index contributed by atoms with van der Waals surface area (Å²) in [6.07, 6.45) is 0.939. The second-order valence-electron chi connectivity index (χ2n) is 11.7. The van der Waals surface area contributed by atoms with Crippen molar-refractivity contribution in [1.29, 1.82) is 0 Å². The van der Waals surface area contributed by atoms with E-state index in [1.54, 1.807) is 46.3 Å². The van der Waals surface area contributed by atoms with Gasteiger partial charge in [0.25, 0.3) is 11.8 Å². The molecule has 0 bridgehead atoms. The largest absolute Gasteiger partial charge is 0.495 e. The van der Waals surface area contributed by atoms with E-state index in [1.807, 2.05) is 19.9 Å². The summed E-state index contributed by atoms with van der Waals surface area (Å²) in [5, 5.41) is 9.22. The summed E-state index contributed by atoms with van der Waals surface area (Å²) in [7, 11) is 3.11. The zero-order valence-corrected chi connectivity index (χ0v) is 27.1. The van der Waals surface area contributed by atoms with Crippen LogP contribution in [0.3, 0.4) is 0 Å². The number of anilines is 1. The van der Waals surface area contributed by atoms with Crippen molar-refractivity contribution in [3.63, 3.8) is 0 Å². The fourth-order valence-corrected chi connectivity index (χ4v) is 5.35. The Hall–Kier alpha value is -4.06. The molecule has 11 heteroatoms. The van der Waals surface area contributed by atoms with Crippen LogP contribution in [0.1, 0.15) is 62.9 Å². The van der Waals surface area contributed by atoms with Crippen molar-refractivity contribution in [2.75, 3.05) is 52.3 Å². The van der Waals surface area contributed by atoms with Crippen molar-refractivity contribution in [3.8, 4) is 11.5 Å². The van der Waals surface area contributed by atoms with Gasteiger partial charge in [0.15, 0.2) is 0 Å². The Morgan fingerprint density at radius 2 is 1.84 bits per heavy atom. The van der Waals surface area contributed by atoms with Gasteiger partial charge in [0.05, 0.1) is 25.5 Å². The van der Waals surface area contributed by atoms with E-state index < -0.39 is 17.9 Å². The van der Waals surface area contributed by atoms with Crippen LogP contribution in [0.2, 0.25) is 0 Å². The molecule has 0 radical (unpaired) electrons. The number of carbonyl (C=O) groups excluding carboxylic acids is 2. The molecule has 2 heterocycles. The summed E-state index contributed by atoms with van der Waals surface area (Å²) in [6.45, 7) is 12.5. The molecule has 4 rings (SSSR count). The molecule has 2 aromatic carbocycles. The van der Waals surface area contributed by atoms with Crippen LogP contribution in [0.5, 0.6) is 11.5 Å². The first kappa shape index (κ1) is 33.8. The average Bonchev–Trinajstić information content (AvgIpc) is 2.99. The Bertz CT molecular complexity index is 1520. The number of benzene rings is 2. The molecular weight excluding hydrogens is 577 g/mol. The highest BCUT2D eigenvalue weighted by Crippen LogP contribution is 2.31. The number of aryl methyl sites for hydroxylation is 3. The third-order valence-electron chi connectivity index (χ3n) is 7.84. The topological polar surface area (TPSA) is 114 Å². The van der Waals surface area contributed by atoms with Gasteiger partial charge in [-0.1, -0.05) is 12.1 Å². The number of aromatic nitrogens is 1. The maximum atomic E-state index is 14.8. The van der Waals surface area contributed by atoms with Crippen LogP contribution in [0, 0.1) is 26.6 Å². The van der Waals surface area contributed by atoms with E-state index in [1.165, 1.54) is 18.3 Å². The molecule has 45 heavy (non-hydrogen) atoms. The lowest BCUT2D eigenvalue weighted by Crippen LogP contribution is -2.50. The third kappa shape index (κ3) is 8.78. The third-order valence-corrected chi connectivity index (χ3v) is 7.84. The van der Waals surface area contributed by atoms with Crippen LogP contribution in [0.25, 0.3) is 0 Å². The van der Waals surface area contributed by atoms with Crippen LogP contribution in [-0.4, -0.2) is 80.8 Å². The van der Waals surface area contributed by atoms with Gasteiger partial charge in [-0.2, -0.15) is 0 Å².